The quantitative estimate of drug-likeness (QED) is 0.735. The Kier molecular flexibility index (Phi) is 3.26. The van der Waals surface area contributed by atoms with E-state index in [0.717, 1.165) is 34.3 Å². The van der Waals surface area contributed by atoms with Gasteiger partial charge in [0.05, 0.1) is 12.6 Å². The van der Waals surface area contributed by atoms with Crippen molar-refractivity contribution in [3.63, 3.8) is 0 Å². The normalized spacial score (nSPS) is 14.2. The summed E-state index contributed by atoms with van der Waals surface area (Å²) in [4.78, 5) is 14.8. The van der Waals surface area contributed by atoms with Crippen LogP contribution in [0.3, 0.4) is 0 Å². The highest BCUT2D eigenvalue weighted by Gasteiger charge is 2.24. The Labute approximate surface area is 133 Å². The summed E-state index contributed by atoms with van der Waals surface area (Å²) in [5.74, 6) is 1.28. The molecule has 114 valence electrons. The molecule has 3 heterocycles. The fourth-order valence-electron chi connectivity index (χ4n) is 3.46. The first-order valence-electron chi connectivity index (χ1n) is 7.81. The van der Waals surface area contributed by atoms with Gasteiger partial charge in [-0.25, -0.2) is 15.0 Å². The van der Waals surface area contributed by atoms with Crippen molar-refractivity contribution in [2.45, 2.75) is 39.5 Å². The van der Waals surface area contributed by atoms with E-state index in [0.29, 0.717) is 11.8 Å². The lowest BCUT2D eigenvalue weighted by Gasteiger charge is -2.11. The molecule has 0 N–H and O–H groups in total. The van der Waals surface area contributed by atoms with E-state index in [9.17, 15) is 0 Å². The Hall–Kier alpha value is -1.75. The summed E-state index contributed by atoms with van der Waals surface area (Å²) in [5.41, 5.74) is 5.23. The van der Waals surface area contributed by atoms with Gasteiger partial charge in [0.2, 0.25) is 5.88 Å². The number of aromatic nitrogens is 3. The predicted molar refractivity (Wildman–Crippen MR) is 89.8 cm³/mol. The highest BCUT2D eigenvalue weighted by Crippen LogP contribution is 2.41. The van der Waals surface area contributed by atoms with E-state index in [1.165, 1.54) is 28.6 Å². The third-order valence-electron chi connectivity index (χ3n) is 4.32. The maximum absolute atomic E-state index is 5.40. The maximum atomic E-state index is 5.40. The minimum atomic E-state index is 0.623. The molecule has 0 fully saturated rings. The molecule has 1 aliphatic rings. The summed E-state index contributed by atoms with van der Waals surface area (Å²) in [5, 5.41) is 1.24. The van der Waals surface area contributed by atoms with Gasteiger partial charge in [-0.05, 0) is 42.7 Å². The summed E-state index contributed by atoms with van der Waals surface area (Å²) in [7, 11) is 1.66. The molecule has 0 aliphatic heterocycles. The molecule has 0 bridgehead atoms. The topological polar surface area (TPSA) is 47.9 Å². The molecule has 4 nitrogen and oxygen atoms in total. The van der Waals surface area contributed by atoms with Gasteiger partial charge < -0.3 is 4.74 Å². The summed E-state index contributed by atoms with van der Waals surface area (Å²) in [6.45, 7) is 4.51. The van der Waals surface area contributed by atoms with Crippen molar-refractivity contribution in [2.24, 2.45) is 5.92 Å². The number of hydrogen-bond donors (Lipinski definition) is 0. The summed E-state index contributed by atoms with van der Waals surface area (Å²) >= 11 is 1.66. The number of nitrogens with zero attached hydrogens (tertiary/aromatic N) is 3. The van der Waals surface area contributed by atoms with Crippen LogP contribution in [-0.4, -0.2) is 22.1 Å². The fraction of sp³-hybridized carbons (Fsp3) is 0.471. The molecule has 0 saturated carbocycles. The molecular formula is C17H19N3OS. The van der Waals surface area contributed by atoms with Gasteiger partial charge in [0.1, 0.15) is 15.9 Å². The second-order valence-electron chi connectivity index (χ2n) is 6.31. The number of hydrogen-bond acceptors (Lipinski definition) is 5. The maximum Gasteiger partial charge on any atom is 0.234 e. The summed E-state index contributed by atoms with van der Waals surface area (Å²) < 4.78 is 6.42. The van der Waals surface area contributed by atoms with E-state index in [1.54, 1.807) is 24.8 Å². The summed E-state index contributed by atoms with van der Waals surface area (Å²) in [6, 6.07) is 0. The molecule has 0 aromatic carbocycles. The van der Waals surface area contributed by atoms with Gasteiger partial charge in [-0.15, -0.1) is 11.3 Å². The first-order valence-corrected chi connectivity index (χ1v) is 8.62. The van der Waals surface area contributed by atoms with Crippen LogP contribution < -0.4 is 4.74 Å². The average Bonchev–Trinajstić information content (AvgIpc) is 3.09. The first kappa shape index (κ1) is 13.9. The Morgan fingerprint density at radius 3 is 2.82 bits per heavy atom. The van der Waals surface area contributed by atoms with Crippen LogP contribution in [0.4, 0.5) is 0 Å². The van der Waals surface area contributed by atoms with Crippen molar-refractivity contribution in [2.75, 3.05) is 7.11 Å². The largest absolute Gasteiger partial charge is 0.480 e. The van der Waals surface area contributed by atoms with Crippen LogP contribution in [0.1, 0.15) is 37.1 Å². The molecule has 5 heteroatoms. The van der Waals surface area contributed by atoms with Crippen molar-refractivity contribution in [3.05, 3.63) is 23.1 Å². The van der Waals surface area contributed by atoms with Gasteiger partial charge in [-0.1, -0.05) is 13.8 Å². The van der Waals surface area contributed by atoms with E-state index in [2.05, 4.69) is 23.8 Å². The predicted octanol–water partition coefficient (Wildman–Crippen LogP) is 3.94. The lowest BCUT2D eigenvalue weighted by molar-refractivity contribution is 0.403. The number of thiophene rings is 1. The smallest absolute Gasteiger partial charge is 0.234 e. The molecule has 3 aromatic rings. The van der Waals surface area contributed by atoms with E-state index in [1.807, 2.05) is 0 Å². The molecule has 0 atom stereocenters. The third-order valence-corrected chi connectivity index (χ3v) is 5.38. The molecule has 22 heavy (non-hydrogen) atoms. The summed E-state index contributed by atoms with van der Waals surface area (Å²) in [6.07, 6.45) is 6.16. The number of fused-ring (bicyclic) bond motifs is 5. The second-order valence-corrected chi connectivity index (χ2v) is 7.31. The monoisotopic (exact) mass is 313 g/mol. The standard InChI is InChI=1S/C17H19N3OS/c1-9(2)7-12-10-5-4-6-11(10)13-14-15(22-17(13)20-12)16(21-3)19-8-18-14/h8-9H,4-7H2,1-3H3. The first-order chi connectivity index (χ1) is 10.7. The van der Waals surface area contributed by atoms with Crippen LogP contribution >= 0.6 is 11.3 Å². The van der Waals surface area contributed by atoms with Crippen molar-refractivity contribution >= 4 is 31.8 Å². The van der Waals surface area contributed by atoms with Gasteiger partial charge in [0.15, 0.2) is 0 Å². The van der Waals surface area contributed by atoms with E-state index < -0.39 is 0 Å². The Morgan fingerprint density at radius 2 is 2.05 bits per heavy atom. The van der Waals surface area contributed by atoms with Crippen molar-refractivity contribution < 1.29 is 4.74 Å². The van der Waals surface area contributed by atoms with Crippen LogP contribution in [0.2, 0.25) is 0 Å². The minimum absolute atomic E-state index is 0.623. The lowest BCUT2D eigenvalue weighted by Crippen LogP contribution is -2.03. The molecule has 4 rings (SSSR count). The SMILES string of the molecule is COc1ncnc2c1sc1nc(CC(C)C)c3c(c12)CCC3. The number of ether oxygens (including phenoxy) is 1. The van der Waals surface area contributed by atoms with E-state index >= 15 is 0 Å². The van der Waals surface area contributed by atoms with Gasteiger partial charge in [0, 0.05) is 11.1 Å². The number of aryl methyl sites for hydroxylation is 1. The zero-order chi connectivity index (χ0) is 15.3. The van der Waals surface area contributed by atoms with Gasteiger partial charge >= 0.3 is 0 Å². The van der Waals surface area contributed by atoms with E-state index in [4.69, 9.17) is 9.72 Å². The minimum Gasteiger partial charge on any atom is -0.480 e. The van der Waals surface area contributed by atoms with Crippen molar-refractivity contribution in [1.29, 1.82) is 0 Å². The fourth-order valence-corrected chi connectivity index (χ4v) is 4.60. The molecule has 1 aliphatic carbocycles. The highest BCUT2D eigenvalue weighted by molar-refractivity contribution is 7.25. The average molecular weight is 313 g/mol. The molecule has 0 spiro atoms. The van der Waals surface area contributed by atoms with Crippen LogP contribution in [0.15, 0.2) is 6.33 Å². The van der Waals surface area contributed by atoms with Crippen LogP contribution in [0, 0.1) is 5.92 Å². The number of rotatable bonds is 3. The second kappa shape index (κ2) is 5.16. The van der Waals surface area contributed by atoms with Crippen molar-refractivity contribution in [3.8, 4) is 5.88 Å². The highest BCUT2D eigenvalue weighted by atomic mass is 32.1. The van der Waals surface area contributed by atoms with Crippen LogP contribution in [-0.2, 0) is 19.3 Å². The molecule has 0 radical (unpaired) electrons. The number of methoxy groups -OCH3 is 1. The van der Waals surface area contributed by atoms with Crippen LogP contribution in [0.25, 0.3) is 20.4 Å². The molecule has 0 amide bonds. The van der Waals surface area contributed by atoms with Gasteiger partial charge in [-0.3, -0.25) is 0 Å². The third kappa shape index (κ3) is 1.99. The molecule has 0 saturated heterocycles. The lowest BCUT2D eigenvalue weighted by atomic mass is 9.99. The molecule has 3 aromatic heterocycles. The molecule has 0 unspecified atom stereocenters. The molecular weight excluding hydrogens is 294 g/mol. The van der Waals surface area contributed by atoms with Crippen molar-refractivity contribution in [1.82, 2.24) is 15.0 Å². The van der Waals surface area contributed by atoms with Gasteiger partial charge in [-0.2, -0.15) is 0 Å². The zero-order valence-corrected chi connectivity index (χ0v) is 14.0. The Balaban J connectivity index is 2.07. The number of pyridine rings is 1. The van der Waals surface area contributed by atoms with Crippen LogP contribution in [0.5, 0.6) is 5.88 Å². The zero-order valence-electron chi connectivity index (χ0n) is 13.1. The van der Waals surface area contributed by atoms with E-state index in [-0.39, 0.29) is 0 Å². The Bertz CT molecular complexity index is 869. The van der Waals surface area contributed by atoms with Gasteiger partial charge in [0.25, 0.3) is 0 Å². The Morgan fingerprint density at radius 1 is 1.23 bits per heavy atom.